The number of hydrogen-bond donors (Lipinski definition) is 1. The molecule has 0 aromatic heterocycles. The molecule has 1 fully saturated rings. The largest absolute Gasteiger partial charge is 0.313 e. The van der Waals surface area contributed by atoms with Gasteiger partial charge < -0.3 is 5.32 Å². The van der Waals surface area contributed by atoms with Gasteiger partial charge in [-0.15, -0.1) is 0 Å². The molecular formula is C14H30N2S. The minimum absolute atomic E-state index is 0.588. The Balaban J connectivity index is 2.56. The lowest BCUT2D eigenvalue weighted by Gasteiger charge is -2.42. The van der Waals surface area contributed by atoms with Gasteiger partial charge in [-0.25, -0.2) is 0 Å². The summed E-state index contributed by atoms with van der Waals surface area (Å²) in [6.07, 6.45) is 0. The Morgan fingerprint density at radius 2 is 1.65 bits per heavy atom. The molecule has 3 heteroatoms. The van der Waals surface area contributed by atoms with Crippen molar-refractivity contribution < 1.29 is 0 Å². The molecule has 1 heterocycles. The molecule has 3 atom stereocenters. The molecule has 1 aliphatic rings. The lowest BCUT2D eigenvalue weighted by atomic mass is 10.0. The molecule has 17 heavy (non-hydrogen) atoms. The summed E-state index contributed by atoms with van der Waals surface area (Å²) in [5, 5.41) is 5.16. The third-order valence-electron chi connectivity index (χ3n) is 3.42. The van der Waals surface area contributed by atoms with E-state index in [9.17, 15) is 0 Å². The molecular weight excluding hydrogens is 228 g/mol. The predicted octanol–water partition coefficient (Wildman–Crippen LogP) is 2.83. The van der Waals surface area contributed by atoms with Gasteiger partial charge in [-0.2, -0.15) is 11.8 Å². The summed E-state index contributed by atoms with van der Waals surface area (Å²) in [5.74, 6) is 0.726. The van der Waals surface area contributed by atoms with Gasteiger partial charge in [-0.05, 0) is 5.92 Å². The second-order valence-corrected chi connectivity index (χ2v) is 7.97. The van der Waals surface area contributed by atoms with Crippen LogP contribution in [-0.2, 0) is 0 Å². The zero-order valence-corrected chi connectivity index (χ0v) is 13.2. The lowest BCUT2D eigenvalue weighted by Crippen LogP contribution is -2.52. The Labute approximate surface area is 112 Å². The molecule has 102 valence electrons. The zero-order chi connectivity index (χ0) is 13.0. The van der Waals surface area contributed by atoms with Crippen LogP contribution in [0.3, 0.4) is 0 Å². The van der Waals surface area contributed by atoms with Crippen LogP contribution in [0.15, 0.2) is 0 Å². The summed E-state index contributed by atoms with van der Waals surface area (Å²) in [7, 11) is 0. The fourth-order valence-corrected chi connectivity index (χ4v) is 3.98. The van der Waals surface area contributed by atoms with Crippen molar-refractivity contribution in [2.24, 2.45) is 5.92 Å². The van der Waals surface area contributed by atoms with Crippen LogP contribution in [0.1, 0.15) is 41.5 Å². The van der Waals surface area contributed by atoms with Gasteiger partial charge in [0.25, 0.3) is 0 Å². The maximum atomic E-state index is 3.61. The molecule has 0 bridgehead atoms. The van der Waals surface area contributed by atoms with E-state index in [1.165, 1.54) is 13.1 Å². The van der Waals surface area contributed by atoms with Crippen molar-refractivity contribution in [2.45, 2.75) is 64.1 Å². The van der Waals surface area contributed by atoms with Crippen LogP contribution in [0.2, 0.25) is 0 Å². The zero-order valence-electron chi connectivity index (χ0n) is 12.4. The van der Waals surface area contributed by atoms with Crippen LogP contribution in [0.5, 0.6) is 0 Å². The monoisotopic (exact) mass is 258 g/mol. The maximum Gasteiger partial charge on any atom is 0.0244 e. The van der Waals surface area contributed by atoms with E-state index in [-0.39, 0.29) is 0 Å². The van der Waals surface area contributed by atoms with Gasteiger partial charge in [0.05, 0.1) is 0 Å². The van der Waals surface area contributed by atoms with E-state index >= 15 is 0 Å². The molecule has 0 spiro atoms. The van der Waals surface area contributed by atoms with E-state index in [2.05, 4.69) is 63.5 Å². The molecule has 1 saturated heterocycles. The average molecular weight is 258 g/mol. The molecule has 0 aromatic rings. The van der Waals surface area contributed by atoms with Crippen LogP contribution < -0.4 is 5.32 Å². The van der Waals surface area contributed by atoms with Crippen molar-refractivity contribution in [3.8, 4) is 0 Å². The molecule has 3 unspecified atom stereocenters. The lowest BCUT2D eigenvalue weighted by molar-refractivity contribution is 0.147. The van der Waals surface area contributed by atoms with Gasteiger partial charge in [0.2, 0.25) is 0 Å². The summed E-state index contributed by atoms with van der Waals surface area (Å²) in [5.41, 5.74) is 0. The van der Waals surface area contributed by atoms with Crippen molar-refractivity contribution in [2.75, 3.05) is 19.6 Å². The molecule has 0 amide bonds. The van der Waals surface area contributed by atoms with Gasteiger partial charge in [-0.3, -0.25) is 4.90 Å². The summed E-state index contributed by atoms with van der Waals surface area (Å²) in [4.78, 5) is 2.70. The number of nitrogens with one attached hydrogen (secondary N) is 1. The van der Waals surface area contributed by atoms with Crippen LogP contribution in [0, 0.1) is 5.92 Å². The maximum absolute atomic E-state index is 3.61. The molecule has 1 N–H and O–H groups in total. The van der Waals surface area contributed by atoms with E-state index in [1.807, 2.05) is 0 Å². The highest BCUT2D eigenvalue weighted by atomic mass is 32.2. The molecule has 1 rings (SSSR count). The van der Waals surface area contributed by atoms with E-state index in [0.717, 1.165) is 23.0 Å². The molecule has 0 radical (unpaired) electrons. The topological polar surface area (TPSA) is 15.3 Å². The van der Waals surface area contributed by atoms with Crippen LogP contribution >= 0.6 is 11.8 Å². The molecule has 0 aliphatic carbocycles. The smallest absolute Gasteiger partial charge is 0.0244 e. The number of rotatable bonds is 5. The number of hydrogen-bond acceptors (Lipinski definition) is 3. The van der Waals surface area contributed by atoms with E-state index in [1.54, 1.807) is 0 Å². The Kier molecular flexibility index (Phi) is 6.32. The highest BCUT2D eigenvalue weighted by molar-refractivity contribution is 8.00. The predicted molar refractivity (Wildman–Crippen MR) is 79.9 cm³/mol. The standard InChI is InChI=1S/C14H30N2S/c1-10(2)14(7-15-11(3)4)16-8-12(5)17-13(6)9-16/h10-15H,7-9H2,1-6H3. The number of thioether (sulfide) groups is 1. The molecule has 2 nitrogen and oxygen atoms in total. The first-order chi connectivity index (χ1) is 7.90. The molecule has 1 aliphatic heterocycles. The third-order valence-corrected chi connectivity index (χ3v) is 4.65. The summed E-state index contributed by atoms with van der Waals surface area (Å²) >= 11 is 2.14. The summed E-state index contributed by atoms with van der Waals surface area (Å²) in [6, 6.07) is 1.27. The van der Waals surface area contributed by atoms with E-state index in [4.69, 9.17) is 0 Å². The Morgan fingerprint density at radius 1 is 1.12 bits per heavy atom. The van der Waals surface area contributed by atoms with Crippen molar-refractivity contribution >= 4 is 11.8 Å². The Bertz CT molecular complexity index is 208. The quantitative estimate of drug-likeness (QED) is 0.816. The van der Waals surface area contributed by atoms with Gasteiger partial charge in [0.1, 0.15) is 0 Å². The highest BCUT2D eigenvalue weighted by Gasteiger charge is 2.29. The average Bonchev–Trinajstić information content (AvgIpc) is 2.14. The summed E-state index contributed by atoms with van der Waals surface area (Å²) in [6.45, 7) is 17.5. The minimum Gasteiger partial charge on any atom is -0.313 e. The Hall–Kier alpha value is 0.270. The first-order valence-electron chi connectivity index (χ1n) is 7.03. The molecule has 0 aromatic carbocycles. The van der Waals surface area contributed by atoms with Gasteiger partial charge in [0.15, 0.2) is 0 Å². The van der Waals surface area contributed by atoms with Gasteiger partial charge in [0, 0.05) is 42.2 Å². The van der Waals surface area contributed by atoms with Crippen molar-refractivity contribution in [1.82, 2.24) is 10.2 Å². The first kappa shape index (κ1) is 15.3. The Morgan fingerprint density at radius 3 is 2.06 bits per heavy atom. The second kappa shape index (κ2) is 7.01. The van der Waals surface area contributed by atoms with Crippen molar-refractivity contribution in [3.05, 3.63) is 0 Å². The van der Waals surface area contributed by atoms with Gasteiger partial charge in [-0.1, -0.05) is 41.5 Å². The van der Waals surface area contributed by atoms with E-state index in [0.29, 0.717) is 12.1 Å². The number of nitrogens with zero attached hydrogens (tertiary/aromatic N) is 1. The van der Waals surface area contributed by atoms with Gasteiger partial charge >= 0.3 is 0 Å². The fourth-order valence-electron chi connectivity index (χ4n) is 2.63. The highest BCUT2D eigenvalue weighted by Crippen LogP contribution is 2.27. The minimum atomic E-state index is 0.588. The normalized spacial score (nSPS) is 28.9. The third kappa shape index (κ3) is 5.19. The van der Waals surface area contributed by atoms with Crippen molar-refractivity contribution in [1.29, 1.82) is 0 Å². The SMILES string of the molecule is CC(C)NCC(C(C)C)N1CC(C)SC(C)C1. The van der Waals surface area contributed by atoms with Crippen molar-refractivity contribution in [3.63, 3.8) is 0 Å². The van der Waals surface area contributed by atoms with Crippen LogP contribution in [0.25, 0.3) is 0 Å². The second-order valence-electron chi connectivity index (χ2n) is 6.09. The first-order valence-corrected chi connectivity index (χ1v) is 7.97. The van der Waals surface area contributed by atoms with E-state index < -0.39 is 0 Å². The molecule has 0 saturated carbocycles. The summed E-state index contributed by atoms with van der Waals surface area (Å²) < 4.78 is 0. The fraction of sp³-hybridized carbons (Fsp3) is 1.00. The van der Waals surface area contributed by atoms with Crippen LogP contribution in [-0.4, -0.2) is 47.1 Å². The van der Waals surface area contributed by atoms with Crippen LogP contribution in [0.4, 0.5) is 0 Å².